The molecule has 6 nitrogen and oxygen atoms in total. The second-order valence-corrected chi connectivity index (χ2v) is 6.49. The van der Waals surface area contributed by atoms with Gasteiger partial charge in [0.05, 0.1) is 11.8 Å². The van der Waals surface area contributed by atoms with Crippen LogP contribution in [0, 0.1) is 13.8 Å². The fraction of sp³-hybridized carbons (Fsp3) is 0.400. The van der Waals surface area contributed by atoms with Crippen molar-refractivity contribution >= 4 is 17.7 Å². The van der Waals surface area contributed by atoms with Crippen LogP contribution in [0.3, 0.4) is 0 Å². The molecule has 0 saturated heterocycles. The highest BCUT2D eigenvalue weighted by Crippen LogP contribution is 2.20. The summed E-state index contributed by atoms with van der Waals surface area (Å²) in [5.74, 6) is 1.51. The van der Waals surface area contributed by atoms with Crippen molar-refractivity contribution in [3.63, 3.8) is 0 Å². The minimum Gasteiger partial charge on any atom is -0.464 e. The molecule has 0 aliphatic rings. The van der Waals surface area contributed by atoms with Crippen LogP contribution in [0.4, 0.5) is 0 Å². The predicted molar refractivity (Wildman–Crippen MR) is 84.8 cm³/mol. The molecule has 0 bridgehead atoms. The lowest BCUT2D eigenvalue weighted by molar-refractivity contribution is -0.129. The molecular weight excluding hydrogens is 302 g/mol. The first-order chi connectivity index (χ1) is 10.3. The van der Waals surface area contributed by atoms with Gasteiger partial charge in [0.2, 0.25) is 5.91 Å². The van der Waals surface area contributed by atoms with Crippen molar-refractivity contribution in [3.05, 3.63) is 45.8 Å². The number of aromatic nitrogens is 2. The number of carbonyl (C=O) groups is 1. The van der Waals surface area contributed by atoms with Crippen LogP contribution in [-0.4, -0.2) is 33.1 Å². The summed E-state index contributed by atoms with van der Waals surface area (Å²) in [6, 6.07) is 5.14. The standard InChI is InChI=1S/C15H19N3O3S/c1-9-7-13(19)17-15(16-9)22-11(3)14(20)18(4)8-12-6-5-10(2)21-12/h5-7,11H,8H2,1-4H3,(H,16,17,19)/t11-/m1/s1. The van der Waals surface area contributed by atoms with Gasteiger partial charge in [-0.05, 0) is 32.9 Å². The summed E-state index contributed by atoms with van der Waals surface area (Å²) < 4.78 is 5.47. The number of nitrogens with zero attached hydrogens (tertiary/aromatic N) is 2. The van der Waals surface area contributed by atoms with Gasteiger partial charge >= 0.3 is 0 Å². The maximum absolute atomic E-state index is 12.4. The second kappa shape index (κ2) is 6.83. The molecule has 2 heterocycles. The Balaban J connectivity index is 2.00. The Morgan fingerprint density at radius 1 is 1.45 bits per heavy atom. The summed E-state index contributed by atoms with van der Waals surface area (Å²) in [4.78, 5) is 32.3. The summed E-state index contributed by atoms with van der Waals surface area (Å²) in [5, 5.41) is 0.0964. The predicted octanol–water partition coefficient (Wildman–Crippen LogP) is 2.12. The Morgan fingerprint density at radius 2 is 2.18 bits per heavy atom. The first-order valence-electron chi connectivity index (χ1n) is 6.90. The van der Waals surface area contributed by atoms with Crippen molar-refractivity contribution in [1.82, 2.24) is 14.9 Å². The van der Waals surface area contributed by atoms with Crippen LogP contribution in [0.2, 0.25) is 0 Å². The quantitative estimate of drug-likeness (QED) is 0.674. The van der Waals surface area contributed by atoms with Crippen molar-refractivity contribution in [2.24, 2.45) is 0 Å². The van der Waals surface area contributed by atoms with E-state index in [0.717, 1.165) is 11.5 Å². The van der Waals surface area contributed by atoms with E-state index in [4.69, 9.17) is 4.42 Å². The average Bonchev–Trinajstić information content (AvgIpc) is 2.81. The fourth-order valence-electron chi connectivity index (χ4n) is 2.02. The Labute approximate surface area is 132 Å². The molecular formula is C15H19N3O3S. The summed E-state index contributed by atoms with van der Waals surface area (Å²) in [6.45, 7) is 5.81. The van der Waals surface area contributed by atoms with Crippen molar-refractivity contribution in [2.45, 2.75) is 37.7 Å². The van der Waals surface area contributed by atoms with Crippen LogP contribution in [0.1, 0.15) is 24.1 Å². The molecule has 118 valence electrons. The molecule has 1 amide bonds. The van der Waals surface area contributed by atoms with Crippen LogP contribution < -0.4 is 5.56 Å². The number of rotatable bonds is 5. The van der Waals surface area contributed by atoms with Crippen LogP contribution in [0.5, 0.6) is 0 Å². The van der Waals surface area contributed by atoms with Crippen LogP contribution >= 0.6 is 11.8 Å². The van der Waals surface area contributed by atoms with Crippen molar-refractivity contribution in [1.29, 1.82) is 0 Å². The van der Waals surface area contributed by atoms with Gasteiger partial charge in [-0.1, -0.05) is 11.8 Å². The molecule has 2 rings (SSSR count). The molecule has 0 radical (unpaired) electrons. The Hall–Kier alpha value is -2.02. The van der Waals surface area contributed by atoms with Crippen molar-refractivity contribution in [2.75, 3.05) is 7.05 Å². The topological polar surface area (TPSA) is 79.2 Å². The lowest BCUT2D eigenvalue weighted by Crippen LogP contribution is -2.32. The number of aromatic amines is 1. The lowest BCUT2D eigenvalue weighted by Gasteiger charge is -2.19. The summed E-state index contributed by atoms with van der Waals surface area (Å²) >= 11 is 1.24. The summed E-state index contributed by atoms with van der Waals surface area (Å²) in [5.41, 5.74) is 0.416. The van der Waals surface area contributed by atoms with Gasteiger partial charge in [0, 0.05) is 18.8 Å². The first-order valence-corrected chi connectivity index (χ1v) is 7.78. The maximum Gasteiger partial charge on any atom is 0.251 e. The third-order valence-corrected chi connectivity index (χ3v) is 4.02. The molecule has 2 aromatic heterocycles. The highest BCUT2D eigenvalue weighted by atomic mass is 32.2. The average molecular weight is 321 g/mol. The Bertz CT molecular complexity index is 723. The van der Waals surface area contributed by atoms with Gasteiger partial charge in [-0.25, -0.2) is 4.98 Å². The molecule has 0 aliphatic carbocycles. The van der Waals surface area contributed by atoms with Gasteiger partial charge in [0.25, 0.3) is 5.56 Å². The molecule has 1 atom stereocenters. The Kier molecular flexibility index (Phi) is 5.07. The number of aryl methyl sites for hydroxylation is 2. The monoisotopic (exact) mass is 321 g/mol. The maximum atomic E-state index is 12.4. The number of nitrogens with one attached hydrogen (secondary N) is 1. The molecule has 0 fully saturated rings. The fourth-order valence-corrected chi connectivity index (χ4v) is 2.99. The molecule has 0 saturated carbocycles. The highest BCUT2D eigenvalue weighted by Gasteiger charge is 2.20. The number of thioether (sulfide) groups is 1. The second-order valence-electron chi connectivity index (χ2n) is 5.16. The molecule has 22 heavy (non-hydrogen) atoms. The van der Waals surface area contributed by atoms with E-state index >= 15 is 0 Å². The third-order valence-electron chi connectivity index (χ3n) is 3.05. The molecule has 7 heteroatoms. The van der Waals surface area contributed by atoms with E-state index in [2.05, 4.69) is 9.97 Å². The Morgan fingerprint density at radius 3 is 2.77 bits per heavy atom. The first kappa shape index (κ1) is 16.4. The molecule has 2 aromatic rings. The van der Waals surface area contributed by atoms with E-state index in [1.165, 1.54) is 17.8 Å². The van der Waals surface area contributed by atoms with Gasteiger partial charge in [-0.2, -0.15) is 0 Å². The molecule has 1 N–H and O–H groups in total. The molecule has 0 unspecified atom stereocenters. The minimum atomic E-state index is -0.356. The van der Waals surface area contributed by atoms with Gasteiger partial charge < -0.3 is 14.3 Å². The third kappa shape index (κ3) is 4.24. The number of carbonyl (C=O) groups excluding carboxylic acids is 1. The van der Waals surface area contributed by atoms with E-state index in [-0.39, 0.29) is 16.7 Å². The van der Waals surface area contributed by atoms with E-state index in [0.29, 0.717) is 17.4 Å². The number of hydrogen-bond donors (Lipinski definition) is 1. The number of hydrogen-bond acceptors (Lipinski definition) is 5. The van der Waals surface area contributed by atoms with E-state index < -0.39 is 0 Å². The highest BCUT2D eigenvalue weighted by molar-refractivity contribution is 8.00. The molecule has 0 aliphatic heterocycles. The van der Waals surface area contributed by atoms with E-state index in [1.54, 1.807) is 25.8 Å². The summed E-state index contributed by atoms with van der Waals surface area (Å²) in [7, 11) is 1.73. The zero-order chi connectivity index (χ0) is 16.3. The van der Waals surface area contributed by atoms with Crippen LogP contribution in [-0.2, 0) is 11.3 Å². The van der Waals surface area contributed by atoms with Crippen molar-refractivity contribution < 1.29 is 9.21 Å². The zero-order valence-electron chi connectivity index (χ0n) is 13.0. The number of amides is 1. The van der Waals surface area contributed by atoms with Crippen LogP contribution in [0.25, 0.3) is 0 Å². The normalized spacial score (nSPS) is 12.2. The number of furan rings is 1. The largest absolute Gasteiger partial charge is 0.464 e. The minimum absolute atomic E-state index is 0.0526. The molecule has 0 spiro atoms. The van der Waals surface area contributed by atoms with E-state index in [9.17, 15) is 9.59 Å². The van der Waals surface area contributed by atoms with Gasteiger partial charge in [0.1, 0.15) is 11.5 Å². The smallest absolute Gasteiger partial charge is 0.251 e. The van der Waals surface area contributed by atoms with Gasteiger partial charge in [-0.3, -0.25) is 9.59 Å². The SMILES string of the molecule is Cc1cc(=O)[nH]c(S[C@H](C)C(=O)N(C)Cc2ccc(C)o2)n1. The number of H-pyrrole nitrogens is 1. The van der Waals surface area contributed by atoms with Gasteiger partial charge in [0.15, 0.2) is 5.16 Å². The summed E-state index contributed by atoms with van der Waals surface area (Å²) in [6.07, 6.45) is 0. The van der Waals surface area contributed by atoms with Crippen LogP contribution in [0.15, 0.2) is 32.6 Å². The zero-order valence-corrected chi connectivity index (χ0v) is 13.9. The van der Waals surface area contributed by atoms with E-state index in [1.807, 2.05) is 19.1 Å². The van der Waals surface area contributed by atoms with Gasteiger partial charge in [-0.15, -0.1) is 0 Å². The van der Waals surface area contributed by atoms with Crippen molar-refractivity contribution in [3.8, 4) is 0 Å². The molecule has 0 aromatic carbocycles. The lowest BCUT2D eigenvalue weighted by atomic mass is 10.3.